The van der Waals surface area contributed by atoms with Crippen molar-refractivity contribution in [2.24, 2.45) is 7.05 Å². The number of aromatic nitrogens is 1. The number of carbonyl (C=O) groups is 1. The predicted octanol–water partition coefficient (Wildman–Crippen LogP) is 1.65. The van der Waals surface area contributed by atoms with Crippen LogP contribution in [0.1, 0.15) is 5.56 Å². The first kappa shape index (κ1) is 14.6. The lowest BCUT2D eigenvalue weighted by molar-refractivity contribution is -0.131. The normalized spacial score (nSPS) is 11.0. The Labute approximate surface area is 120 Å². The molecule has 6 nitrogen and oxygen atoms in total. The van der Waals surface area contributed by atoms with Crippen molar-refractivity contribution >= 4 is 22.9 Å². The van der Waals surface area contributed by atoms with Crippen LogP contribution in [0.5, 0.6) is 11.5 Å². The zero-order valence-corrected chi connectivity index (χ0v) is 11.9. The molecule has 1 aromatic heterocycles. The van der Waals surface area contributed by atoms with E-state index >= 15 is 0 Å². The van der Waals surface area contributed by atoms with E-state index in [0.717, 1.165) is 11.5 Å². The number of hydrogen-bond donors (Lipinski definition) is 1. The Morgan fingerprint density at radius 1 is 1.19 bits per heavy atom. The molecule has 110 valence electrons. The summed E-state index contributed by atoms with van der Waals surface area (Å²) in [5, 5.41) is 9.42. The van der Waals surface area contributed by atoms with Gasteiger partial charge in [-0.15, -0.1) is 0 Å². The Bertz CT molecular complexity index is 789. The van der Waals surface area contributed by atoms with Gasteiger partial charge in [-0.25, -0.2) is 4.79 Å². The predicted molar refractivity (Wildman–Crippen MR) is 79.0 cm³/mol. The van der Waals surface area contributed by atoms with Crippen molar-refractivity contribution < 1.29 is 19.4 Å². The van der Waals surface area contributed by atoms with Crippen LogP contribution in [0.3, 0.4) is 0 Å². The van der Waals surface area contributed by atoms with Crippen LogP contribution >= 0.6 is 0 Å². The topological polar surface area (TPSA) is 77.8 Å². The summed E-state index contributed by atoms with van der Waals surface area (Å²) >= 11 is 0. The summed E-state index contributed by atoms with van der Waals surface area (Å²) in [5.74, 6) is -0.0462. The minimum atomic E-state index is -1.11. The first-order chi connectivity index (χ1) is 9.97. The van der Waals surface area contributed by atoms with Gasteiger partial charge in [-0.2, -0.15) is 0 Å². The fraction of sp³-hybridized carbons (Fsp3) is 0.200. The second-order valence-electron chi connectivity index (χ2n) is 4.40. The van der Waals surface area contributed by atoms with Crippen LogP contribution in [0.2, 0.25) is 0 Å². The minimum absolute atomic E-state index is 0.285. The zero-order chi connectivity index (χ0) is 15.6. The quantitative estimate of drug-likeness (QED) is 0.866. The average Bonchev–Trinajstić information content (AvgIpc) is 2.48. The Balaban J connectivity index is 2.75. The third-order valence-corrected chi connectivity index (χ3v) is 3.16. The molecule has 0 spiro atoms. The molecule has 0 aliphatic rings. The highest BCUT2D eigenvalue weighted by molar-refractivity contribution is 5.88. The highest BCUT2D eigenvalue weighted by Crippen LogP contribution is 2.31. The Hall–Kier alpha value is -2.76. The third kappa shape index (κ3) is 2.74. The molecule has 2 rings (SSSR count). The highest BCUT2D eigenvalue weighted by atomic mass is 16.5. The Kier molecular flexibility index (Phi) is 3.98. The van der Waals surface area contributed by atoms with Gasteiger partial charge in [0.25, 0.3) is 5.56 Å². The lowest BCUT2D eigenvalue weighted by atomic mass is 10.1. The fourth-order valence-electron chi connectivity index (χ4n) is 2.10. The second kappa shape index (κ2) is 5.70. The largest absolute Gasteiger partial charge is 0.493 e. The highest BCUT2D eigenvalue weighted by Gasteiger charge is 2.10. The number of aliphatic carboxylic acids is 1. The maximum atomic E-state index is 12.2. The van der Waals surface area contributed by atoms with Gasteiger partial charge < -0.3 is 19.1 Å². The molecule has 0 radical (unpaired) electrons. The van der Waals surface area contributed by atoms with E-state index in [2.05, 4.69) is 0 Å². The summed E-state index contributed by atoms with van der Waals surface area (Å²) in [4.78, 5) is 22.8. The number of fused-ring (bicyclic) bond motifs is 1. The number of nitrogens with zero attached hydrogens (tertiary/aromatic N) is 1. The molecule has 21 heavy (non-hydrogen) atoms. The molecule has 0 unspecified atom stereocenters. The number of hydrogen-bond acceptors (Lipinski definition) is 4. The van der Waals surface area contributed by atoms with Gasteiger partial charge in [-0.05, 0) is 18.2 Å². The number of pyridine rings is 1. The van der Waals surface area contributed by atoms with Crippen LogP contribution in [0.25, 0.3) is 17.0 Å². The summed E-state index contributed by atoms with van der Waals surface area (Å²) in [6, 6.07) is 5.07. The van der Waals surface area contributed by atoms with E-state index in [1.807, 2.05) is 0 Å². The van der Waals surface area contributed by atoms with Crippen LogP contribution in [0.4, 0.5) is 0 Å². The number of carboxylic acid groups (broad SMARTS) is 1. The molecule has 0 amide bonds. The number of aryl methyl sites for hydroxylation is 1. The SMILES string of the molecule is COc1cc2cc(/C=C/C(=O)O)c(=O)n(C)c2cc1OC. The summed E-state index contributed by atoms with van der Waals surface area (Å²) in [7, 11) is 4.66. The summed E-state index contributed by atoms with van der Waals surface area (Å²) in [5.41, 5.74) is 0.678. The molecule has 2 aromatic rings. The molecular formula is C15H15NO5. The fourth-order valence-corrected chi connectivity index (χ4v) is 2.10. The molecule has 1 aromatic carbocycles. The molecule has 0 bridgehead atoms. The molecule has 1 heterocycles. The number of rotatable bonds is 4. The van der Waals surface area contributed by atoms with Crippen molar-refractivity contribution in [2.45, 2.75) is 0 Å². The molecule has 6 heteroatoms. The molecule has 0 atom stereocenters. The van der Waals surface area contributed by atoms with Crippen molar-refractivity contribution in [2.75, 3.05) is 14.2 Å². The van der Waals surface area contributed by atoms with E-state index < -0.39 is 5.97 Å². The maximum absolute atomic E-state index is 12.2. The van der Waals surface area contributed by atoms with Gasteiger partial charge in [0.1, 0.15) is 0 Å². The lowest BCUT2D eigenvalue weighted by Crippen LogP contribution is -2.19. The van der Waals surface area contributed by atoms with Gasteiger partial charge in [-0.3, -0.25) is 4.79 Å². The molecular weight excluding hydrogens is 274 g/mol. The summed E-state index contributed by atoms with van der Waals surface area (Å²) in [6.07, 6.45) is 2.21. The van der Waals surface area contributed by atoms with Crippen LogP contribution in [-0.4, -0.2) is 29.9 Å². The van der Waals surface area contributed by atoms with Crippen molar-refractivity contribution in [3.8, 4) is 11.5 Å². The van der Waals surface area contributed by atoms with Gasteiger partial charge in [0, 0.05) is 30.1 Å². The Morgan fingerprint density at radius 3 is 2.38 bits per heavy atom. The summed E-state index contributed by atoms with van der Waals surface area (Å²) < 4.78 is 11.9. The van der Waals surface area contributed by atoms with E-state index in [-0.39, 0.29) is 5.56 Å². The monoisotopic (exact) mass is 289 g/mol. The molecule has 0 saturated heterocycles. The molecule has 0 saturated carbocycles. The first-order valence-corrected chi connectivity index (χ1v) is 6.14. The van der Waals surface area contributed by atoms with Crippen molar-refractivity contribution in [1.29, 1.82) is 0 Å². The molecule has 1 N–H and O–H groups in total. The molecule has 0 aliphatic heterocycles. The van der Waals surface area contributed by atoms with Crippen LogP contribution in [-0.2, 0) is 11.8 Å². The van der Waals surface area contributed by atoms with E-state index in [1.165, 1.54) is 24.9 Å². The minimum Gasteiger partial charge on any atom is -0.493 e. The van der Waals surface area contributed by atoms with Gasteiger partial charge >= 0.3 is 5.97 Å². The van der Waals surface area contributed by atoms with Gasteiger partial charge in [0.2, 0.25) is 0 Å². The number of benzene rings is 1. The van der Waals surface area contributed by atoms with Crippen LogP contribution in [0.15, 0.2) is 29.1 Å². The third-order valence-electron chi connectivity index (χ3n) is 3.16. The second-order valence-corrected chi connectivity index (χ2v) is 4.40. The van der Waals surface area contributed by atoms with Crippen molar-refractivity contribution in [1.82, 2.24) is 4.57 Å². The average molecular weight is 289 g/mol. The Morgan fingerprint density at radius 2 is 1.81 bits per heavy atom. The van der Waals surface area contributed by atoms with Crippen molar-refractivity contribution in [3.05, 3.63) is 40.2 Å². The molecule has 0 aliphatic carbocycles. The lowest BCUT2D eigenvalue weighted by Gasteiger charge is -2.12. The zero-order valence-electron chi connectivity index (χ0n) is 11.9. The maximum Gasteiger partial charge on any atom is 0.328 e. The van der Waals surface area contributed by atoms with E-state index in [9.17, 15) is 9.59 Å². The number of carboxylic acids is 1. The standard InChI is InChI=1S/C15H15NO5/c1-16-11-8-13(21-3)12(20-2)7-10(11)6-9(15(16)19)4-5-14(17)18/h4-8H,1-3H3,(H,17,18)/b5-4+. The van der Waals surface area contributed by atoms with Gasteiger partial charge in [0.05, 0.1) is 19.7 Å². The van der Waals surface area contributed by atoms with Crippen molar-refractivity contribution in [3.63, 3.8) is 0 Å². The van der Waals surface area contributed by atoms with E-state index in [1.54, 1.807) is 25.2 Å². The first-order valence-electron chi connectivity index (χ1n) is 6.14. The van der Waals surface area contributed by atoms with E-state index in [4.69, 9.17) is 14.6 Å². The van der Waals surface area contributed by atoms with Crippen LogP contribution < -0.4 is 15.0 Å². The van der Waals surface area contributed by atoms with Gasteiger partial charge in [0.15, 0.2) is 11.5 Å². The van der Waals surface area contributed by atoms with E-state index in [0.29, 0.717) is 22.6 Å². The van der Waals surface area contributed by atoms with Gasteiger partial charge in [-0.1, -0.05) is 0 Å². The smallest absolute Gasteiger partial charge is 0.328 e. The summed E-state index contributed by atoms with van der Waals surface area (Å²) in [6.45, 7) is 0. The van der Waals surface area contributed by atoms with Crippen LogP contribution in [0, 0.1) is 0 Å². The number of methoxy groups -OCH3 is 2. The number of ether oxygens (including phenoxy) is 2. The molecule has 0 fully saturated rings.